The maximum absolute atomic E-state index is 14.6. The number of carboxylic acid groups (broad SMARTS) is 1. The maximum Gasteiger partial charge on any atom is 0.346 e. The molecule has 0 bridgehead atoms. The average molecular weight is 560 g/mol. The summed E-state index contributed by atoms with van der Waals surface area (Å²) in [7, 11) is 1.53. The van der Waals surface area contributed by atoms with Crippen LogP contribution in [0, 0.1) is 0 Å². The first-order valence-corrected chi connectivity index (χ1v) is 13.8. The molecular formula is C32H34FN3O5. The number of ether oxygens (including phenoxy) is 2. The molecule has 0 unspecified atom stereocenters. The number of aromatic nitrogens is 3. The molecule has 1 saturated heterocycles. The standard InChI is InChI=1S/C32H34FN3O5/c1-3-35-29(34-36(31(35)39)19-23-9-14-27(15-10-23)32(33)20-41-21-32)6-4-5-22-7-11-24(12-8-22)25-13-16-28(40-2)26(17-25)18-30(37)38/h7-17H,3-6,18-21H2,1-2H3,(H,37,38). The lowest BCUT2D eigenvalue weighted by atomic mass is 9.93. The van der Waals surface area contributed by atoms with Gasteiger partial charge >= 0.3 is 11.7 Å². The third-order valence-corrected chi connectivity index (χ3v) is 7.56. The molecule has 1 N–H and O–H groups in total. The summed E-state index contributed by atoms with van der Waals surface area (Å²) in [5, 5.41) is 13.8. The molecule has 1 aliphatic rings. The molecule has 1 aromatic heterocycles. The van der Waals surface area contributed by atoms with Crippen LogP contribution in [0.3, 0.4) is 0 Å². The van der Waals surface area contributed by atoms with Gasteiger partial charge in [0.1, 0.15) is 11.6 Å². The molecule has 1 aliphatic heterocycles. The van der Waals surface area contributed by atoms with Crippen molar-refractivity contribution in [2.24, 2.45) is 0 Å². The summed E-state index contributed by atoms with van der Waals surface area (Å²) in [6, 6.07) is 21.0. The SMILES string of the molecule is CCn1c(CCCc2ccc(-c3ccc(OC)c(CC(=O)O)c3)cc2)nn(Cc2ccc(C3(F)COC3)cc2)c1=O. The van der Waals surface area contributed by atoms with Crippen molar-refractivity contribution in [1.29, 1.82) is 0 Å². The maximum atomic E-state index is 14.6. The zero-order valence-corrected chi connectivity index (χ0v) is 23.3. The van der Waals surface area contributed by atoms with Crippen LogP contribution in [0.15, 0.2) is 71.5 Å². The predicted octanol–water partition coefficient (Wildman–Crippen LogP) is 4.79. The molecule has 4 aromatic rings. The number of halogens is 1. The van der Waals surface area contributed by atoms with Crippen LogP contribution in [0.25, 0.3) is 11.1 Å². The summed E-state index contributed by atoms with van der Waals surface area (Å²) in [6.07, 6.45) is 2.22. The van der Waals surface area contributed by atoms with Crippen LogP contribution in [0.5, 0.6) is 5.75 Å². The van der Waals surface area contributed by atoms with Gasteiger partial charge in [0.05, 0.1) is 33.3 Å². The van der Waals surface area contributed by atoms with Gasteiger partial charge in [-0.15, -0.1) is 0 Å². The van der Waals surface area contributed by atoms with E-state index in [1.807, 2.05) is 43.3 Å². The Morgan fingerprint density at radius 1 is 1.02 bits per heavy atom. The lowest BCUT2D eigenvalue weighted by molar-refractivity contribution is -0.136. The second-order valence-electron chi connectivity index (χ2n) is 10.4. The normalized spacial score (nSPS) is 14.0. The molecule has 214 valence electrons. The molecule has 0 atom stereocenters. The summed E-state index contributed by atoms with van der Waals surface area (Å²) >= 11 is 0. The lowest BCUT2D eigenvalue weighted by Crippen LogP contribution is -2.42. The number of benzene rings is 3. The van der Waals surface area contributed by atoms with E-state index in [-0.39, 0.29) is 25.3 Å². The highest BCUT2D eigenvalue weighted by atomic mass is 19.1. The van der Waals surface area contributed by atoms with Crippen molar-refractivity contribution >= 4 is 5.97 Å². The molecule has 1 fully saturated rings. The number of nitrogens with zero attached hydrogens (tertiary/aromatic N) is 3. The first-order chi connectivity index (χ1) is 19.8. The zero-order valence-electron chi connectivity index (χ0n) is 23.3. The van der Waals surface area contributed by atoms with E-state index in [0.717, 1.165) is 35.4 Å². The van der Waals surface area contributed by atoms with Crippen molar-refractivity contribution in [3.8, 4) is 16.9 Å². The van der Waals surface area contributed by atoms with Crippen molar-refractivity contribution in [3.05, 3.63) is 105 Å². The molecule has 8 nitrogen and oxygen atoms in total. The summed E-state index contributed by atoms with van der Waals surface area (Å²) in [4.78, 5) is 24.2. The van der Waals surface area contributed by atoms with Crippen LogP contribution in [0.1, 0.15) is 41.4 Å². The van der Waals surface area contributed by atoms with Gasteiger partial charge in [0.2, 0.25) is 0 Å². The van der Waals surface area contributed by atoms with Gasteiger partial charge in [-0.05, 0) is 59.7 Å². The Morgan fingerprint density at radius 3 is 2.32 bits per heavy atom. The largest absolute Gasteiger partial charge is 0.496 e. The smallest absolute Gasteiger partial charge is 0.346 e. The van der Waals surface area contributed by atoms with Crippen LogP contribution in [-0.4, -0.2) is 45.7 Å². The number of hydrogen-bond acceptors (Lipinski definition) is 5. The molecule has 2 heterocycles. The van der Waals surface area contributed by atoms with E-state index in [1.165, 1.54) is 17.4 Å². The summed E-state index contributed by atoms with van der Waals surface area (Å²) < 4.78 is 28.1. The second kappa shape index (κ2) is 12.1. The van der Waals surface area contributed by atoms with Gasteiger partial charge in [0.25, 0.3) is 0 Å². The Morgan fingerprint density at radius 2 is 1.71 bits per heavy atom. The van der Waals surface area contributed by atoms with Crippen LogP contribution < -0.4 is 10.4 Å². The highest BCUT2D eigenvalue weighted by Gasteiger charge is 2.40. The van der Waals surface area contributed by atoms with Crippen molar-refractivity contribution in [2.75, 3.05) is 20.3 Å². The van der Waals surface area contributed by atoms with E-state index in [2.05, 4.69) is 17.2 Å². The molecular weight excluding hydrogens is 525 g/mol. The van der Waals surface area contributed by atoms with Gasteiger partial charge in [-0.1, -0.05) is 54.6 Å². The van der Waals surface area contributed by atoms with Crippen molar-refractivity contribution < 1.29 is 23.8 Å². The highest BCUT2D eigenvalue weighted by molar-refractivity contribution is 5.74. The Hall–Kier alpha value is -4.24. The quantitative estimate of drug-likeness (QED) is 0.268. The molecule has 0 amide bonds. The Balaban J connectivity index is 1.21. The molecule has 9 heteroatoms. The van der Waals surface area contributed by atoms with Crippen LogP contribution >= 0.6 is 0 Å². The van der Waals surface area contributed by atoms with Gasteiger partial charge in [-0.3, -0.25) is 9.36 Å². The number of methoxy groups -OCH3 is 1. The van der Waals surface area contributed by atoms with Crippen molar-refractivity contribution in [1.82, 2.24) is 14.3 Å². The van der Waals surface area contributed by atoms with E-state index >= 15 is 0 Å². The molecule has 3 aromatic carbocycles. The highest BCUT2D eigenvalue weighted by Crippen LogP contribution is 2.33. The molecule has 0 radical (unpaired) electrons. The first kappa shape index (κ1) is 28.3. The van der Waals surface area contributed by atoms with Crippen LogP contribution in [0.4, 0.5) is 4.39 Å². The fourth-order valence-electron chi connectivity index (χ4n) is 5.19. The van der Waals surface area contributed by atoms with Gasteiger partial charge < -0.3 is 14.6 Å². The van der Waals surface area contributed by atoms with E-state index in [9.17, 15) is 19.1 Å². The second-order valence-corrected chi connectivity index (χ2v) is 10.4. The zero-order chi connectivity index (χ0) is 29.0. The van der Waals surface area contributed by atoms with E-state index < -0.39 is 11.6 Å². The predicted molar refractivity (Wildman–Crippen MR) is 153 cm³/mol. The minimum Gasteiger partial charge on any atom is -0.496 e. The third kappa shape index (κ3) is 6.25. The monoisotopic (exact) mass is 559 g/mol. The van der Waals surface area contributed by atoms with Gasteiger partial charge in [-0.2, -0.15) is 5.10 Å². The average Bonchev–Trinajstić information content (AvgIpc) is 3.25. The van der Waals surface area contributed by atoms with Crippen molar-refractivity contribution in [2.45, 2.75) is 51.4 Å². The lowest BCUT2D eigenvalue weighted by Gasteiger charge is -2.34. The Bertz CT molecular complexity index is 1570. The minimum absolute atomic E-state index is 0.0817. The Kier molecular flexibility index (Phi) is 8.35. The number of rotatable bonds is 12. The molecule has 0 saturated carbocycles. The molecule has 5 rings (SSSR count). The van der Waals surface area contributed by atoms with E-state index in [1.54, 1.807) is 22.8 Å². The Labute approximate surface area is 238 Å². The first-order valence-electron chi connectivity index (χ1n) is 13.8. The summed E-state index contributed by atoms with van der Waals surface area (Å²) in [6.45, 7) is 2.97. The topological polar surface area (TPSA) is 95.6 Å². The number of hydrogen-bond donors (Lipinski definition) is 1. The fraction of sp³-hybridized carbons (Fsp3) is 0.344. The number of carboxylic acids is 1. The third-order valence-electron chi connectivity index (χ3n) is 7.56. The van der Waals surface area contributed by atoms with E-state index in [0.29, 0.717) is 36.4 Å². The van der Waals surface area contributed by atoms with Crippen LogP contribution in [0.2, 0.25) is 0 Å². The number of aryl methyl sites for hydroxylation is 2. The van der Waals surface area contributed by atoms with Gasteiger partial charge in [0, 0.05) is 18.5 Å². The number of carbonyl (C=O) groups is 1. The summed E-state index contributed by atoms with van der Waals surface area (Å²) in [5.41, 5.74) is 3.66. The van der Waals surface area contributed by atoms with Crippen molar-refractivity contribution in [3.63, 3.8) is 0 Å². The molecule has 41 heavy (non-hydrogen) atoms. The molecule has 0 aliphatic carbocycles. The fourth-order valence-corrected chi connectivity index (χ4v) is 5.19. The molecule has 0 spiro atoms. The number of alkyl halides is 1. The number of aliphatic carboxylic acids is 1. The van der Waals surface area contributed by atoms with Gasteiger partial charge in [0.15, 0.2) is 5.67 Å². The van der Waals surface area contributed by atoms with Crippen LogP contribution in [-0.2, 0) is 47.6 Å². The minimum atomic E-state index is -1.41. The van der Waals surface area contributed by atoms with Gasteiger partial charge in [-0.25, -0.2) is 13.9 Å². The summed E-state index contributed by atoms with van der Waals surface area (Å²) in [5.74, 6) is 0.413. The van der Waals surface area contributed by atoms with E-state index in [4.69, 9.17) is 9.47 Å².